The number of hydrogen-bond donors (Lipinski definition) is 1. The highest BCUT2D eigenvalue weighted by molar-refractivity contribution is 8.00. The van der Waals surface area contributed by atoms with E-state index < -0.39 is 22.9 Å². The molecule has 2 aliphatic heterocycles. The Kier molecular flexibility index (Phi) is 3.63. The third-order valence-corrected chi connectivity index (χ3v) is 7.16. The van der Waals surface area contributed by atoms with Crippen LogP contribution in [0.5, 0.6) is 0 Å². The summed E-state index contributed by atoms with van der Waals surface area (Å²) in [5.74, 6) is -1.89. The predicted molar refractivity (Wildman–Crippen MR) is 97.5 cm³/mol. The third-order valence-electron chi connectivity index (χ3n) is 4.76. The van der Waals surface area contributed by atoms with Crippen LogP contribution in [-0.4, -0.2) is 22.0 Å². The van der Waals surface area contributed by atoms with Crippen molar-refractivity contribution in [2.24, 2.45) is 5.92 Å². The number of amides is 2. The van der Waals surface area contributed by atoms with Gasteiger partial charge in [0.05, 0.1) is 33.7 Å². The molecule has 2 aromatic heterocycles. The lowest BCUT2D eigenvalue weighted by Gasteiger charge is -2.27. The van der Waals surface area contributed by atoms with E-state index in [1.54, 1.807) is 12.1 Å². The molecule has 0 saturated carbocycles. The van der Waals surface area contributed by atoms with Gasteiger partial charge in [0, 0.05) is 0 Å². The average molecular weight is 402 g/mol. The van der Waals surface area contributed by atoms with Crippen LogP contribution in [0.15, 0.2) is 56.9 Å². The normalized spacial score (nSPS) is 24.2. The molecule has 1 aromatic carbocycles. The molecule has 1 fully saturated rings. The molecule has 2 amide bonds. The van der Waals surface area contributed by atoms with Crippen LogP contribution in [0, 0.1) is 11.7 Å². The van der Waals surface area contributed by atoms with Gasteiger partial charge in [0.15, 0.2) is 0 Å². The highest BCUT2D eigenvalue weighted by atomic mass is 32.2. The van der Waals surface area contributed by atoms with Crippen LogP contribution in [0.2, 0.25) is 0 Å². The summed E-state index contributed by atoms with van der Waals surface area (Å²) in [7, 11) is 0. The van der Waals surface area contributed by atoms with E-state index in [0.717, 1.165) is 16.2 Å². The van der Waals surface area contributed by atoms with Gasteiger partial charge in [-0.25, -0.2) is 9.29 Å². The van der Waals surface area contributed by atoms with Crippen molar-refractivity contribution in [3.05, 3.63) is 68.8 Å². The smallest absolute Gasteiger partial charge is 0.305 e. The summed E-state index contributed by atoms with van der Waals surface area (Å²) in [6, 6.07) is 8.69. The maximum absolute atomic E-state index is 13.2. The van der Waals surface area contributed by atoms with Gasteiger partial charge in [0.2, 0.25) is 11.8 Å². The molecule has 4 heterocycles. The van der Waals surface area contributed by atoms with Gasteiger partial charge in [-0.3, -0.25) is 14.4 Å². The molecular weight excluding hydrogens is 391 g/mol. The number of carbonyl (C=O) groups is 2. The number of rotatable bonds is 2. The zero-order valence-corrected chi connectivity index (χ0v) is 15.2. The van der Waals surface area contributed by atoms with E-state index in [4.69, 9.17) is 4.42 Å². The standard InChI is InChI=1S/C18H11FN2O4S2/c19-8-3-5-9(6-4-8)21-16(22)12-11(10-2-1-7-25-10)13-15(20-18(24)27-13)26-14(12)17(21)23/h1-7,11-12,14H,(H,20,24)/t11-,12?,14?/m1/s1. The van der Waals surface area contributed by atoms with Crippen molar-refractivity contribution in [2.75, 3.05) is 4.90 Å². The predicted octanol–water partition coefficient (Wildman–Crippen LogP) is 2.96. The lowest BCUT2D eigenvalue weighted by molar-refractivity contribution is -0.122. The van der Waals surface area contributed by atoms with Crippen LogP contribution in [-0.2, 0) is 9.59 Å². The van der Waals surface area contributed by atoms with E-state index in [-0.39, 0.29) is 16.7 Å². The average Bonchev–Trinajstić information content (AvgIpc) is 3.34. The number of benzene rings is 1. The van der Waals surface area contributed by atoms with Gasteiger partial charge in [0.1, 0.15) is 16.8 Å². The number of fused-ring (bicyclic) bond motifs is 2. The Hall–Kier alpha value is -2.65. The van der Waals surface area contributed by atoms with Crippen molar-refractivity contribution in [3.8, 4) is 0 Å². The second-order valence-electron chi connectivity index (χ2n) is 6.25. The zero-order chi connectivity index (χ0) is 18.7. The Morgan fingerprint density at radius 1 is 1.07 bits per heavy atom. The van der Waals surface area contributed by atoms with Crippen molar-refractivity contribution >= 4 is 40.6 Å². The number of anilines is 1. The molecule has 0 radical (unpaired) electrons. The molecule has 0 spiro atoms. The SMILES string of the molecule is O=C1C2Sc3[nH]c(=O)sc3[C@H](c3ccco3)C2C(=O)N1c1ccc(F)cc1. The number of hydrogen-bond acceptors (Lipinski definition) is 6. The molecular formula is C18H11FN2O4S2. The van der Waals surface area contributed by atoms with Crippen molar-refractivity contribution in [2.45, 2.75) is 16.2 Å². The Labute approximate surface area is 160 Å². The minimum atomic E-state index is -0.697. The lowest BCUT2D eigenvalue weighted by Crippen LogP contribution is -2.32. The summed E-state index contributed by atoms with van der Waals surface area (Å²) in [4.78, 5) is 42.5. The second-order valence-corrected chi connectivity index (χ2v) is 8.42. The van der Waals surface area contributed by atoms with Crippen molar-refractivity contribution in [3.63, 3.8) is 0 Å². The maximum Gasteiger partial charge on any atom is 0.305 e. The van der Waals surface area contributed by atoms with Gasteiger partial charge >= 0.3 is 4.87 Å². The van der Waals surface area contributed by atoms with E-state index >= 15 is 0 Å². The fourth-order valence-corrected chi connectivity index (χ4v) is 6.13. The first-order valence-electron chi connectivity index (χ1n) is 8.11. The van der Waals surface area contributed by atoms with Crippen LogP contribution >= 0.6 is 23.1 Å². The molecule has 5 rings (SSSR count). The molecule has 136 valence electrons. The molecule has 2 aliphatic rings. The first-order valence-corrected chi connectivity index (χ1v) is 9.80. The Morgan fingerprint density at radius 3 is 2.56 bits per heavy atom. The first kappa shape index (κ1) is 16.5. The van der Waals surface area contributed by atoms with Gasteiger partial charge in [-0.15, -0.1) is 0 Å². The van der Waals surface area contributed by atoms with Crippen LogP contribution in [0.1, 0.15) is 16.6 Å². The summed E-state index contributed by atoms with van der Waals surface area (Å²) in [5, 5.41) is -0.0924. The molecule has 1 saturated heterocycles. The number of imide groups is 1. The van der Waals surface area contributed by atoms with E-state index in [1.807, 2.05) is 0 Å². The number of halogens is 1. The van der Waals surface area contributed by atoms with Crippen molar-refractivity contribution < 1.29 is 18.4 Å². The minimum Gasteiger partial charge on any atom is -0.469 e. The molecule has 6 nitrogen and oxygen atoms in total. The molecule has 3 aromatic rings. The van der Waals surface area contributed by atoms with Gasteiger partial charge < -0.3 is 9.40 Å². The minimum absolute atomic E-state index is 0.237. The number of nitrogens with one attached hydrogen (secondary N) is 1. The summed E-state index contributed by atoms with van der Waals surface area (Å²) >= 11 is 2.21. The number of aromatic amines is 1. The number of carbonyl (C=O) groups excluding carboxylic acids is 2. The molecule has 0 bridgehead atoms. The number of H-pyrrole nitrogens is 1. The Morgan fingerprint density at radius 2 is 1.85 bits per heavy atom. The summed E-state index contributed by atoms with van der Waals surface area (Å²) < 4.78 is 18.8. The number of furan rings is 1. The fourth-order valence-electron chi connectivity index (χ4n) is 3.64. The van der Waals surface area contributed by atoms with E-state index in [9.17, 15) is 18.8 Å². The van der Waals surface area contributed by atoms with Crippen LogP contribution in [0.3, 0.4) is 0 Å². The maximum atomic E-state index is 13.2. The summed E-state index contributed by atoms with van der Waals surface area (Å²) in [6.45, 7) is 0. The highest BCUT2D eigenvalue weighted by Crippen LogP contribution is 2.53. The summed E-state index contributed by atoms with van der Waals surface area (Å²) in [6.07, 6.45) is 1.50. The molecule has 3 atom stereocenters. The van der Waals surface area contributed by atoms with Gasteiger partial charge in [-0.1, -0.05) is 23.1 Å². The number of thiazole rings is 1. The Balaban J connectivity index is 1.64. The van der Waals surface area contributed by atoms with Gasteiger partial charge in [-0.2, -0.15) is 0 Å². The summed E-state index contributed by atoms with van der Waals surface area (Å²) in [5.41, 5.74) is 0.330. The molecule has 27 heavy (non-hydrogen) atoms. The van der Waals surface area contributed by atoms with Gasteiger partial charge in [0.25, 0.3) is 0 Å². The monoisotopic (exact) mass is 402 g/mol. The largest absolute Gasteiger partial charge is 0.469 e. The van der Waals surface area contributed by atoms with E-state index in [1.165, 1.54) is 42.3 Å². The quantitative estimate of drug-likeness (QED) is 0.667. The number of aromatic nitrogens is 1. The second kappa shape index (κ2) is 5.93. The zero-order valence-electron chi connectivity index (χ0n) is 13.5. The van der Waals surface area contributed by atoms with E-state index in [0.29, 0.717) is 21.4 Å². The molecule has 1 N–H and O–H groups in total. The fraction of sp³-hybridized carbons (Fsp3) is 0.167. The van der Waals surface area contributed by atoms with Crippen LogP contribution in [0.25, 0.3) is 0 Å². The van der Waals surface area contributed by atoms with E-state index in [2.05, 4.69) is 4.98 Å². The Bertz CT molecular complexity index is 1100. The highest BCUT2D eigenvalue weighted by Gasteiger charge is 2.57. The third kappa shape index (κ3) is 2.42. The van der Waals surface area contributed by atoms with Crippen LogP contribution in [0.4, 0.5) is 10.1 Å². The molecule has 0 aliphatic carbocycles. The topological polar surface area (TPSA) is 83.4 Å². The lowest BCUT2D eigenvalue weighted by atomic mass is 9.87. The number of thioether (sulfide) groups is 1. The molecule has 2 unspecified atom stereocenters. The van der Waals surface area contributed by atoms with Crippen LogP contribution < -0.4 is 9.77 Å². The number of nitrogens with zero attached hydrogens (tertiary/aromatic N) is 1. The van der Waals surface area contributed by atoms with Crippen molar-refractivity contribution in [1.29, 1.82) is 0 Å². The van der Waals surface area contributed by atoms with Gasteiger partial charge in [-0.05, 0) is 36.4 Å². The first-order chi connectivity index (χ1) is 13.0. The molecule has 9 heteroatoms. The van der Waals surface area contributed by atoms with Crippen molar-refractivity contribution in [1.82, 2.24) is 4.98 Å².